The zero-order valence-corrected chi connectivity index (χ0v) is 10.2. The second-order valence-electron chi connectivity index (χ2n) is 3.98. The molecule has 0 spiro atoms. The molecule has 0 radical (unpaired) electrons. The number of rotatable bonds is 5. The summed E-state index contributed by atoms with van der Waals surface area (Å²) in [5.41, 5.74) is 2.42. The Balaban J connectivity index is 1.90. The van der Waals surface area contributed by atoms with Gasteiger partial charge in [0.15, 0.2) is 0 Å². The van der Waals surface area contributed by atoms with Crippen molar-refractivity contribution in [3.8, 4) is 0 Å². The van der Waals surface area contributed by atoms with Crippen LogP contribution in [0.4, 0.5) is 5.82 Å². The highest BCUT2D eigenvalue weighted by Crippen LogP contribution is 2.08. The molecule has 17 heavy (non-hydrogen) atoms. The van der Waals surface area contributed by atoms with E-state index >= 15 is 0 Å². The summed E-state index contributed by atoms with van der Waals surface area (Å²) in [7, 11) is 3.61. The summed E-state index contributed by atoms with van der Waals surface area (Å²) in [5.74, 6) is 0.897. The SMILES string of the molecule is COCc1ccc(CNc2ccn(C)n2)cc1. The van der Waals surface area contributed by atoms with E-state index < -0.39 is 0 Å². The average Bonchev–Trinajstić information content (AvgIpc) is 2.75. The molecule has 0 unspecified atom stereocenters. The topological polar surface area (TPSA) is 39.1 Å². The first-order valence-corrected chi connectivity index (χ1v) is 5.58. The Morgan fingerprint density at radius 2 is 1.88 bits per heavy atom. The minimum absolute atomic E-state index is 0.661. The molecule has 4 heteroatoms. The molecular weight excluding hydrogens is 214 g/mol. The molecule has 1 aromatic carbocycles. The number of hydrogen-bond acceptors (Lipinski definition) is 3. The van der Waals surface area contributed by atoms with Crippen LogP contribution in [-0.4, -0.2) is 16.9 Å². The Morgan fingerprint density at radius 1 is 1.18 bits per heavy atom. The highest BCUT2D eigenvalue weighted by Gasteiger charge is 1.97. The van der Waals surface area contributed by atoms with Gasteiger partial charge in [-0.05, 0) is 11.1 Å². The number of nitrogens with one attached hydrogen (secondary N) is 1. The summed E-state index contributed by atoms with van der Waals surface area (Å²) < 4.78 is 6.85. The van der Waals surface area contributed by atoms with Crippen LogP contribution in [0.5, 0.6) is 0 Å². The zero-order chi connectivity index (χ0) is 12.1. The quantitative estimate of drug-likeness (QED) is 0.857. The van der Waals surface area contributed by atoms with Gasteiger partial charge in [-0.1, -0.05) is 24.3 Å². The fourth-order valence-electron chi connectivity index (χ4n) is 1.62. The smallest absolute Gasteiger partial charge is 0.148 e. The van der Waals surface area contributed by atoms with Crippen molar-refractivity contribution in [2.75, 3.05) is 12.4 Å². The molecule has 0 aliphatic carbocycles. The molecule has 0 bridgehead atoms. The fourth-order valence-corrected chi connectivity index (χ4v) is 1.62. The van der Waals surface area contributed by atoms with E-state index in [0.717, 1.165) is 12.4 Å². The molecular formula is C13H17N3O. The normalized spacial score (nSPS) is 10.5. The maximum atomic E-state index is 5.07. The lowest BCUT2D eigenvalue weighted by atomic mass is 10.1. The molecule has 0 aliphatic rings. The molecule has 0 atom stereocenters. The first-order chi connectivity index (χ1) is 8.28. The van der Waals surface area contributed by atoms with Crippen molar-refractivity contribution in [2.24, 2.45) is 7.05 Å². The van der Waals surface area contributed by atoms with Gasteiger partial charge in [0.2, 0.25) is 0 Å². The van der Waals surface area contributed by atoms with E-state index in [2.05, 4.69) is 34.7 Å². The van der Waals surface area contributed by atoms with Gasteiger partial charge in [-0.15, -0.1) is 0 Å². The van der Waals surface area contributed by atoms with Gasteiger partial charge in [0, 0.05) is 33.0 Å². The summed E-state index contributed by atoms with van der Waals surface area (Å²) in [4.78, 5) is 0. The number of ether oxygens (including phenoxy) is 1. The number of benzene rings is 1. The van der Waals surface area contributed by atoms with Gasteiger partial charge in [0.05, 0.1) is 6.61 Å². The number of aromatic nitrogens is 2. The average molecular weight is 231 g/mol. The maximum absolute atomic E-state index is 5.07. The van der Waals surface area contributed by atoms with Gasteiger partial charge >= 0.3 is 0 Å². The molecule has 0 fully saturated rings. The molecule has 2 rings (SSSR count). The van der Waals surface area contributed by atoms with E-state index in [1.165, 1.54) is 11.1 Å². The van der Waals surface area contributed by atoms with E-state index in [1.807, 2.05) is 19.3 Å². The molecule has 2 aromatic rings. The first kappa shape index (κ1) is 11.7. The standard InChI is InChI=1S/C13H17N3O/c1-16-8-7-13(15-16)14-9-11-3-5-12(6-4-11)10-17-2/h3-8H,9-10H2,1-2H3,(H,14,15). The molecule has 0 amide bonds. The van der Waals surface area contributed by atoms with E-state index in [1.54, 1.807) is 11.8 Å². The molecule has 0 aliphatic heterocycles. The van der Waals surface area contributed by atoms with Crippen LogP contribution in [0.1, 0.15) is 11.1 Å². The molecule has 1 aromatic heterocycles. The molecule has 0 saturated heterocycles. The van der Waals surface area contributed by atoms with Crippen LogP contribution < -0.4 is 5.32 Å². The van der Waals surface area contributed by atoms with Gasteiger partial charge in [-0.3, -0.25) is 4.68 Å². The van der Waals surface area contributed by atoms with E-state index in [0.29, 0.717) is 6.61 Å². The van der Waals surface area contributed by atoms with Gasteiger partial charge in [-0.2, -0.15) is 5.10 Å². The Labute approximate surface area is 101 Å². The second kappa shape index (κ2) is 5.50. The summed E-state index contributed by atoms with van der Waals surface area (Å²) in [6.07, 6.45) is 1.92. The third-order valence-electron chi connectivity index (χ3n) is 2.52. The van der Waals surface area contributed by atoms with Crippen LogP contribution in [-0.2, 0) is 24.9 Å². The highest BCUT2D eigenvalue weighted by atomic mass is 16.5. The Hall–Kier alpha value is -1.81. The number of nitrogens with zero attached hydrogens (tertiary/aromatic N) is 2. The summed E-state index contributed by atoms with van der Waals surface area (Å²) in [6, 6.07) is 10.3. The first-order valence-electron chi connectivity index (χ1n) is 5.58. The minimum atomic E-state index is 0.661. The molecule has 0 saturated carbocycles. The second-order valence-corrected chi connectivity index (χ2v) is 3.98. The third kappa shape index (κ3) is 3.32. The van der Waals surface area contributed by atoms with E-state index in [9.17, 15) is 0 Å². The van der Waals surface area contributed by atoms with Gasteiger partial charge in [-0.25, -0.2) is 0 Å². The van der Waals surface area contributed by atoms with Crippen molar-refractivity contribution in [3.05, 3.63) is 47.7 Å². The predicted molar refractivity (Wildman–Crippen MR) is 67.7 cm³/mol. The third-order valence-corrected chi connectivity index (χ3v) is 2.52. The monoisotopic (exact) mass is 231 g/mol. The van der Waals surface area contributed by atoms with Gasteiger partial charge < -0.3 is 10.1 Å². The number of hydrogen-bond donors (Lipinski definition) is 1. The lowest BCUT2D eigenvalue weighted by Crippen LogP contribution is -2.01. The highest BCUT2D eigenvalue weighted by molar-refractivity contribution is 5.34. The van der Waals surface area contributed by atoms with E-state index in [-0.39, 0.29) is 0 Å². The Morgan fingerprint density at radius 3 is 2.47 bits per heavy atom. The van der Waals surface area contributed by atoms with Crippen LogP contribution in [0.3, 0.4) is 0 Å². The number of methoxy groups -OCH3 is 1. The van der Waals surface area contributed by atoms with Crippen molar-refractivity contribution in [1.29, 1.82) is 0 Å². The molecule has 1 N–H and O–H groups in total. The molecule has 1 heterocycles. The van der Waals surface area contributed by atoms with E-state index in [4.69, 9.17) is 4.74 Å². The largest absolute Gasteiger partial charge is 0.380 e. The lowest BCUT2D eigenvalue weighted by Gasteiger charge is -2.04. The van der Waals surface area contributed by atoms with Crippen molar-refractivity contribution in [1.82, 2.24) is 9.78 Å². The fraction of sp³-hybridized carbons (Fsp3) is 0.308. The van der Waals surface area contributed by atoms with Crippen molar-refractivity contribution in [3.63, 3.8) is 0 Å². The molecule has 90 valence electrons. The van der Waals surface area contributed by atoms with Crippen molar-refractivity contribution < 1.29 is 4.74 Å². The maximum Gasteiger partial charge on any atom is 0.148 e. The summed E-state index contributed by atoms with van der Waals surface area (Å²) >= 11 is 0. The van der Waals surface area contributed by atoms with Crippen LogP contribution in [0.2, 0.25) is 0 Å². The number of anilines is 1. The number of aryl methyl sites for hydroxylation is 1. The Bertz CT molecular complexity index is 462. The van der Waals surface area contributed by atoms with Crippen LogP contribution in [0, 0.1) is 0 Å². The summed E-state index contributed by atoms with van der Waals surface area (Å²) in [6.45, 7) is 1.44. The van der Waals surface area contributed by atoms with Gasteiger partial charge in [0.25, 0.3) is 0 Å². The van der Waals surface area contributed by atoms with Crippen LogP contribution >= 0.6 is 0 Å². The lowest BCUT2D eigenvalue weighted by molar-refractivity contribution is 0.185. The minimum Gasteiger partial charge on any atom is -0.380 e. The van der Waals surface area contributed by atoms with Crippen molar-refractivity contribution in [2.45, 2.75) is 13.2 Å². The predicted octanol–water partition coefficient (Wildman–Crippen LogP) is 2.18. The summed E-state index contributed by atoms with van der Waals surface area (Å²) in [5, 5.41) is 7.53. The van der Waals surface area contributed by atoms with Gasteiger partial charge in [0.1, 0.15) is 5.82 Å². The zero-order valence-electron chi connectivity index (χ0n) is 10.2. The van der Waals surface area contributed by atoms with Crippen molar-refractivity contribution >= 4 is 5.82 Å². The molecule has 4 nitrogen and oxygen atoms in total. The van der Waals surface area contributed by atoms with Crippen LogP contribution in [0.15, 0.2) is 36.5 Å². The Kier molecular flexibility index (Phi) is 3.77. The van der Waals surface area contributed by atoms with Crippen LogP contribution in [0.25, 0.3) is 0 Å².